The normalized spacial score (nSPS) is 19.6. The number of anilines is 1. The Labute approximate surface area is 254 Å². The number of aliphatic hydroxyl groups is 2. The third kappa shape index (κ3) is 7.68. The van der Waals surface area contributed by atoms with Crippen LogP contribution in [0.2, 0.25) is 0 Å². The van der Waals surface area contributed by atoms with Gasteiger partial charge in [-0.15, -0.1) is 12.4 Å². The number of carbonyl (C=O) groups excluding carboxylic acids is 1. The molecule has 226 valence electrons. The van der Waals surface area contributed by atoms with Gasteiger partial charge in [-0.05, 0) is 53.6 Å². The number of halogens is 2. The Bertz CT molecular complexity index is 1300. The summed E-state index contributed by atoms with van der Waals surface area (Å²) in [5.41, 5.74) is 4.66. The molecule has 3 N–H and O–H groups in total. The summed E-state index contributed by atoms with van der Waals surface area (Å²) in [5, 5.41) is 24.5. The van der Waals surface area contributed by atoms with Crippen molar-refractivity contribution in [3.05, 3.63) is 101 Å². The first-order chi connectivity index (χ1) is 19.8. The van der Waals surface area contributed by atoms with Crippen LogP contribution < -0.4 is 5.32 Å². The average molecular weight is 597 g/mol. The molecular formula is C33H42ClFN4O3. The largest absolute Gasteiger partial charge is 0.374 e. The third-order valence-corrected chi connectivity index (χ3v) is 8.41. The summed E-state index contributed by atoms with van der Waals surface area (Å²) >= 11 is 0. The number of aliphatic hydroxyl groups excluding tert-OH is 2. The molecular weight excluding hydrogens is 555 g/mol. The second-order valence-electron chi connectivity index (χ2n) is 11.5. The Balaban J connectivity index is 0.00000405. The molecule has 2 aliphatic rings. The Hall–Kier alpha value is -3.01. The lowest BCUT2D eigenvalue weighted by Crippen LogP contribution is -2.52. The van der Waals surface area contributed by atoms with Gasteiger partial charge in [0.2, 0.25) is 5.91 Å². The maximum Gasteiger partial charge on any atom is 0.227 e. The van der Waals surface area contributed by atoms with Crippen molar-refractivity contribution in [3.63, 3.8) is 0 Å². The predicted octanol–water partition coefficient (Wildman–Crippen LogP) is 5.10. The van der Waals surface area contributed by atoms with Gasteiger partial charge in [0.25, 0.3) is 0 Å². The second-order valence-corrected chi connectivity index (χ2v) is 11.5. The zero-order valence-electron chi connectivity index (χ0n) is 24.3. The number of fused-ring (bicyclic) bond motifs is 1. The molecule has 0 radical (unpaired) electrons. The Morgan fingerprint density at radius 1 is 0.952 bits per heavy atom. The summed E-state index contributed by atoms with van der Waals surface area (Å²) in [6, 6.07) is 22.2. The SMILES string of the molecule is CC(C)c1ccc(CC(=O)N(Cc2ccc(F)cc2)C2CCN(CCN3C(O)Nc4ccccc4C3O)CC2)cc1.Cl. The lowest BCUT2D eigenvalue weighted by Gasteiger charge is -2.41. The molecule has 0 bridgehead atoms. The average Bonchev–Trinajstić information content (AvgIpc) is 2.97. The quantitative estimate of drug-likeness (QED) is 0.319. The van der Waals surface area contributed by atoms with E-state index in [1.807, 2.05) is 41.3 Å². The van der Waals surface area contributed by atoms with E-state index in [1.165, 1.54) is 17.7 Å². The number of piperidine rings is 1. The van der Waals surface area contributed by atoms with Gasteiger partial charge in [0.05, 0.1) is 6.42 Å². The standard InChI is InChI=1S/C33H41FN4O3.ClH/c1-23(2)26-11-7-24(8-12-26)21-31(39)38(22-25-9-13-27(34)14-10-25)28-15-17-36(18-16-28)19-20-37-32(40)29-5-3-4-6-30(29)35-33(37)41;/h3-14,23,28,32-33,35,40-41H,15-22H2,1-2H3;1H. The van der Waals surface area contributed by atoms with E-state index in [0.717, 1.165) is 48.3 Å². The molecule has 0 aromatic heterocycles. The molecule has 0 saturated carbocycles. The number of hydrogen-bond donors (Lipinski definition) is 3. The van der Waals surface area contributed by atoms with Crippen molar-refractivity contribution in [3.8, 4) is 0 Å². The van der Waals surface area contributed by atoms with Gasteiger partial charge in [0.15, 0.2) is 6.35 Å². The van der Waals surface area contributed by atoms with Gasteiger partial charge in [-0.25, -0.2) is 9.29 Å². The third-order valence-electron chi connectivity index (χ3n) is 8.41. The highest BCUT2D eigenvalue weighted by Crippen LogP contribution is 2.32. The highest BCUT2D eigenvalue weighted by atomic mass is 35.5. The molecule has 7 nitrogen and oxygen atoms in total. The minimum Gasteiger partial charge on any atom is -0.374 e. The number of hydrogen-bond acceptors (Lipinski definition) is 6. The smallest absolute Gasteiger partial charge is 0.227 e. The maximum atomic E-state index is 13.7. The lowest BCUT2D eigenvalue weighted by atomic mass is 9.99. The van der Waals surface area contributed by atoms with Crippen molar-refractivity contribution in [1.82, 2.24) is 14.7 Å². The first-order valence-electron chi connectivity index (χ1n) is 14.6. The Kier molecular flexibility index (Phi) is 11.0. The molecule has 5 rings (SSSR count). The van der Waals surface area contributed by atoms with E-state index >= 15 is 0 Å². The van der Waals surface area contributed by atoms with Gasteiger partial charge < -0.3 is 25.3 Å². The van der Waals surface area contributed by atoms with Crippen LogP contribution in [0.4, 0.5) is 10.1 Å². The molecule has 2 unspecified atom stereocenters. The van der Waals surface area contributed by atoms with Crippen molar-refractivity contribution in [2.75, 3.05) is 31.5 Å². The van der Waals surface area contributed by atoms with Crippen LogP contribution in [-0.2, 0) is 17.8 Å². The van der Waals surface area contributed by atoms with E-state index in [2.05, 4.69) is 36.2 Å². The zero-order valence-corrected chi connectivity index (χ0v) is 25.1. The molecule has 2 atom stereocenters. The number of rotatable bonds is 9. The first kappa shape index (κ1) is 31.9. The van der Waals surface area contributed by atoms with Crippen molar-refractivity contribution < 1.29 is 19.4 Å². The topological polar surface area (TPSA) is 79.3 Å². The number of carbonyl (C=O) groups is 1. The van der Waals surface area contributed by atoms with Gasteiger partial charge in [-0.3, -0.25) is 4.79 Å². The highest BCUT2D eigenvalue weighted by Gasteiger charge is 2.33. The highest BCUT2D eigenvalue weighted by molar-refractivity contribution is 5.85. The summed E-state index contributed by atoms with van der Waals surface area (Å²) in [7, 11) is 0. The van der Waals surface area contributed by atoms with Crippen LogP contribution in [0.5, 0.6) is 0 Å². The monoisotopic (exact) mass is 596 g/mol. The molecule has 0 spiro atoms. The van der Waals surface area contributed by atoms with Gasteiger partial charge >= 0.3 is 0 Å². The van der Waals surface area contributed by atoms with Crippen molar-refractivity contribution >= 4 is 24.0 Å². The number of amides is 1. The van der Waals surface area contributed by atoms with Crippen molar-refractivity contribution in [2.45, 2.75) is 64.2 Å². The number of nitrogens with zero attached hydrogens (tertiary/aromatic N) is 3. The van der Waals surface area contributed by atoms with Gasteiger partial charge in [-0.1, -0.05) is 68.4 Å². The molecule has 3 aromatic carbocycles. The minimum atomic E-state index is -0.962. The summed E-state index contributed by atoms with van der Waals surface area (Å²) in [6.07, 6.45) is 0.143. The van der Waals surface area contributed by atoms with E-state index in [9.17, 15) is 19.4 Å². The van der Waals surface area contributed by atoms with Crippen molar-refractivity contribution in [2.24, 2.45) is 0 Å². The molecule has 9 heteroatoms. The minimum absolute atomic E-state index is 0. The van der Waals surface area contributed by atoms with Crippen LogP contribution in [0.25, 0.3) is 0 Å². The van der Waals surface area contributed by atoms with Crippen LogP contribution in [-0.4, -0.2) is 69.4 Å². The van der Waals surface area contributed by atoms with Crippen LogP contribution in [0, 0.1) is 5.82 Å². The van der Waals surface area contributed by atoms with E-state index in [1.54, 1.807) is 17.0 Å². The lowest BCUT2D eigenvalue weighted by molar-refractivity contribution is -0.134. The fraction of sp³-hybridized carbons (Fsp3) is 0.424. The van der Waals surface area contributed by atoms with Crippen molar-refractivity contribution in [1.29, 1.82) is 0 Å². The molecule has 2 aliphatic heterocycles. The number of nitrogens with one attached hydrogen (secondary N) is 1. The van der Waals surface area contributed by atoms with Crippen LogP contribution in [0.1, 0.15) is 61.1 Å². The molecule has 1 fully saturated rings. The van der Waals surface area contributed by atoms with E-state index in [-0.39, 0.29) is 30.2 Å². The molecule has 1 amide bonds. The predicted molar refractivity (Wildman–Crippen MR) is 166 cm³/mol. The summed E-state index contributed by atoms with van der Waals surface area (Å²) in [6.45, 7) is 7.58. The van der Waals surface area contributed by atoms with E-state index in [0.29, 0.717) is 32.0 Å². The fourth-order valence-corrected chi connectivity index (χ4v) is 5.85. The fourth-order valence-electron chi connectivity index (χ4n) is 5.85. The zero-order chi connectivity index (χ0) is 28.9. The molecule has 3 aromatic rings. The van der Waals surface area contributed by atoms with Crippen LogP contribution in [0.15, 0.2) is 72.8 Å². The van der Waals surface area contributed by atoms with Gasteiger partial charge in [0, 0.05) is 50.0 Å². The Morgan fingerprint density at radius 3 is 2.26 bits per heavy atom. The number of benzene rings is 3. The summed E-state index contributed by atoms with van der Waals surface area (Å²) < 4.78 is 13.6. The van der Waals surface area contributed by atoms with Gasteiger partial charge in [0.1, 0.15) is 12.0 Å². The van der Waals surface area contributed by atoms with E-state index < -0.39 is 12.6 Å². The summed E-state index contributed by atoms with van der Waals surface area (Å²) in [5.74, 6) is 0.232. The second kappa shape index (κ2) is 14.4. The summed E-state index contributed by atoms with van der Waals surface area (Å²) in [4.78, 5) is 19.6. The van der Waals surface area contributed by atoms with E-state index in [4.69, 9.17) is 0 Å². The molecule has 42 heavy (non-hydrogen) atoms. The first-order valence-corrected chi connectivity index (χ1v) is 14.6. The Morgan fingerprint density at radius 2 is 1.60 bits per heavy atom. The molecule has 0 aliphatic carbocycles. The number of para-hydroxylation sites is 1. The molecule has 1 saturated heterocycles. The van der Waals surface area contributed by atoms with Crippen LogP contribution >= 0.6 is 12.4 Å². The van der Waals surface area contributed by atoms with Gasteiger partial charge in [-0.2, -0.15) is 0 Å². The number of likely N-dealkylation sites (tertiary alicyclic amines) is 1. The van der Waals surface area contributed by atoms with Crippen LogP contribution in [0.3, 0.4) is 0 Å². The molecule has 2 heterocycles. The maximum absolute atomic E-state index is 13.7.